The molecule has 1 aliphatic rings. The third-order valence-corrected chi connectivity index (χ3v) is 5.47. The number of benzene rings is 2. The van der Waals surface area contributed by atoms with Crippen LogP contribution in [-0.2, 0) is 4.79 Å². The summed E-state index contributed by atoms with van der Waals surface area (Å²) in [4.78, 5) is 15.1. The van der Waals surface area contributed by atoms with Crippen LogP contribution in [0.1, 0.15) is 29.9 Å². The van der Waals surface area contributed by atoms with Crippen LogP contribution in [0.3, 0.4) is 0 Å². The van der Waals surface area contributed by atoms with E-state index in [1.54, 1.807) is 24.8 Å². The van der Waals surface area contributed by atoms with Crippen LogP contribution >= 0.6 is 12.2 Å². The molecule has 0 fully saturated rings. The third-order valence-electron chi connectivity index (χ3n) is 5.17. The highest BCUT2D eigenvalue weighted by atomic mass is 32.1. The quantitative estimate of drug-likeness (QED) is 0.546. The van der Waals surface area contributed by atoms with E-state index in [4.69, 9.17) is 16.7 Å². The molecule has 6 nitrogen and oxygen atoms in total. The van der Waals surface area contributed by atoms with Gasteiger partial charge in [-0.1, -0.05) is 28.9 Å². The van der Waals surface area contributed by atoms with Gasteiger partial charge in [-0.05, 0) is 62.8 Å². The smallest absolute Gasteiger partial charge is 0.257 e. The van der Waals surface area contributed by atoms with Crippen molar-refractivity contribution in [2.75, 3.05) is 10.2 Å². The monoisotopic (exact) mass is 454 g/mol. The molecular formula is C23H20F2N4O2S. The molecule has 164 valence electrons. The van der Waals surface area contributed by atoms with E-state index in [-0.39, 0.29) is 11.4 Å². The van der Waals surface area contributed by atoms with Gasteiger partial charge < -0.3 is 15.2 Å². The zero-order valence-electron chi connectivity index (χ0n) is 17.6. The van der Waals surface area contributed by atoms with Crippen LogP contribution in [-0.4, -0.2) is 16.2 Å². The molecule has 1 aliphatic heterocycles. The molecule has 4 rings (SSSR count). The highest BCUT2D eigenvalue weighted by Gasteiger charge is 2.35. The first-order valence-corrected chi connectivity index (χ1v) is 10.2. The molecule has 0 unspecified atom stereocenters. The first kappa shape index (κ1) is 21.6. The van der Waals surface area contributed by atoms with Crippen molar-refractivity contribution < 1.29 is 18.1 Å². The predicted octanol–water partition coefficient (Wildman–Crippen LogP) is 4.92. The molecule has 2 heterocycles. The van der Waals surface area contributed by atoms with Crippen LogP contribution in [0.4, 0.5) is 20.3 Å². The average Bonchev–Trinajstić information content (AvgIpc) is 3.15. The van der Waals surface area contributed by atoms with Crippen molar-refractivity contribution in [2.24, 2.45) is 0 Å². The Hall–Kier alpha value is -3.59. The fourth-order valence-corrected chi connectivity index (χ4v) is 3.95. The topological polar surface area (TPSA) is 70.4 Å². The van der Waals surface area contributed by atoms with Gasteiger partial charge in [0.1, 0.15) is 5.76 Å². The van der Waals surface area contributed by atoms with E-state index < -0.39 is 23.6 Å². The largest absolute Gasteiger partial charge is 0.360 e. The molecule has 1 amide bonds. The number of anilines is 2. The number of hydrogen-bond acceptors (Lipinski definition) is 4. The van der Waals surface area contributed by atoms with Gasteiger partial charge in [-0.2, -0.15) is 0 Å². The van der Waals surface area contributed by atoms with Crippen molar-refractivity contribution in [1.29, 1.82) is 0 Å². The lowest BCUT2D eigenvalue weighted by Gasteiger charge is -2.38. The summed E-state index contributed by atoms with van der Waals surface area (Å²) in [6, 6.07) is 11.9. The van der Waals surface area contributed by atoms with Crippen LogP contribution in [0.5, 0.6) is 0 Å². The summed E-state index contributed by atoms with van der Waals surface area (Å²) in [6.45, 7) is 5.43. The van der Waals surface area contributed by atoms with E-state index in [1.807, 2.05) is 31.2 Å². The van der Waals surface area contributed by atoms with Crippen LogP contribution in [0.25, 0.3) is 0 Å². The predicted molar refractivity (Wildman–Crippen MR) is 121 cm³/mol. The van der Waals surface area contributed by atoms with Gasteiger partial charge in [-0.3, -0.25) is 9.69 Å². The standard InChI is InChI=1S/C23H20F2N4O2S/c1-12-4-7-16(8-5-12)29-14(3)20(22(30)26-19-10-13(2)31-28-19)21(27-23(29)32)15-6-9-17(24)18(25)11-15/h4-11,21H,1-3H3,(H,27,32)(H,26,28,30)/t21-/m1/s1. The van der Waals surface area contributed by atoms with E-state index in [0.29, 0.717) is 22.1 Å². The summed E-state index contributed by atoms with van der Waals surface area (Å²) in [6.07, 6.45) is 0. The minimum atomic E-state index is -1.01. The summed E-state index contributed by atoms with van der Waals surface area (Å²) in [7, 11) is 0. The van der Waals surface area contributed by atoms with E-state index >= 15 is 0 Å². The number of aromatic nitrogens is 1. The fraction of sp³-hybridized carbons (Fsp3) is 0.174. The summed E-state index contributed by atoms with van der Waals surface area (Å²) in [5.74, 6) is -1.68. The molecule has 2 N–H and O–H groups in total. The Labute approximate surface area is 188 Å². The molecule has 0 saturated carbocycles. The second-order valence-corrected chi connectivity index (χ2v) is 7.89. The summed E-state index contributed by atoms with van der Waals surface area (Å²) >= 11 is 5.58. The molecule has 0 bridgehead atoms. The van der Waals surface area contributed by atoms with Crippen molar-refractivity contribution in [1.82, 2.24) is 10.5 Å². The number of rotatable bonds is 4. The highest BCUT2D eigenvalue weighted by molar-refractivity contribution is 7.80. The number of nitrogens with zero attached hydrogens (tertiary/aromatic N) is 2. The zero-order valence-corrected chi connectivity index (χ0v) is 18.4. The van der Waals surface area contributed by atoms with Crippen LogP contribution in [0, 0.1) is 25.5 Å². The number of aryl methyl sites for hydroxylation is 2. The van der Waals surface area contributed by atoms with Crippen LogP contribution in [0.2, 0.25) is 0 Å². The van der Waals surface area contributed by atoms with Crippen molar-refractivity contribution in [3.8, 4) is 0 Å². The Morgan fingerprint density at radius 1 is 1.09 bits per heavy atom. The van der Waals surface area contributed by atoms with Crippen molar-refractivity contribution >= 4 is 34.7 Å². The molecule has 2 aromatic carbocycles. The van der Waals surface area contributed by atoms with Crippen molar-refractivity contribution in [2.45, 2.75) is 26.8 Å². The molecule has 0 radical (unpaired) electrons. The SMILES string of the molecule is CC1=C(C(=O)Nc2cc(C)on2)[C@@H](c2ccc(F)c(F)c2)NC(=S)N1c1ccc(C)cc1. The molecule has 0 aliphatic carbocycles. The number of nitrogens with one attached hydrogen (secondary N) is 2. The second-order valence-electron chi connectivity index (χ2n) is 7.50. The lowest BCUT2D eigenvalue weighted by atomic mass is 9.94. The Morgan fingerprint density at radius 3 is 2.44 bits per heavy atom. The average molecular weight is 455 g/mol. The van der Waals surface area contributed by atoms with Gasteiger partial charge >= 0.3 is 0 Å². The molecule has 1 aromatic heterocycles. The summed E-state index contributed by atoms with van der Waals surface area (Å²) in [5, 5.41) is 9.94. The lowest BCUT2D eigenvalue weighted by molar-refractivity contribution is -0.113. The van der Waals surface area contributed by atoms with Gasteiger partial charge in [-0.15, -0.1) is 0 Å². The summed E-state index contributed by atoms with van der Waals surface area (Å²) in [5.41, 5.74) is 3.02. The Morgan fingerprint density at radius 2 is 1.81 bits per heavy atom. The number of carbonyl (C=O) groups excluding carboxylic acids is 1. The molecular weight excluding hydrogens is 434 g/mol. The maximum atomic E-state index is 14.0. The Kier molecular flexibility index (Phi) is 5.75. The minimum absolute atomic E-state index is 0.242. The highest BCUT2D eigenvalue weighted by Crippen LogP contribution is 2.34. The van der Waals surface area contributed by atoms with Crippen LogP contribution < -0.4 is 15.5 Å². The number of thiocarbonyl (C=S) groups is 1. The summed E-state index contributed by atoms with van der Waals surface area (Å²) < 4.78 is 32.6. The van der Waals surface area contributed by atoms with E-state index in [1.165, 1.54) is 6.07 Å². The number of hydrogen-bond donors (Lipinski definition) is 2. The number of allylic oxidation sites excluding steroid dienone is 1. The molecule has 0 spiro atoms. The van der Waals surface area contributed by atoms with Gasteiger partial charge in [0.15, 0.2) is 22.6 Å². The Balaban J connectivity index is 1.82. The number of carbonyl (C=O) groups is 1. The van der Waals surface area contributed by atoms with E-state index in [9.17, 15) is 13.6 Å². The van der Waals surface area contributed by atoms with Gasteiger partial charge in [0, 0.05) is 17.5 Å². The van der Waals surface area contributed by atoms with Crippen LogP contribution in [0.15, 0.2) is 64.3 Å². The normalized spacial score (nSPS) is 16.2. The molecule has 9 heteroatoms. The van der Waals surface area contributed by atoms with Crippen molar-refractivity contribution in [3.05, 3.63) is 88.3 Å². The first-order valence-electron chi connectivity index (χ1n) is 9.82. The number of halogens is 2. The minimum Gasteiger partial charge on any atom is -0.360 e. The third kappa shape index (κ3) is 4.11. The fourth-order valence-electron chi connectivity index (χ4n) is 3.59. The molecule has 3 aromatic rings. The number of amides is 1. The maximum Gasteiger partial charge on any atom is 0.257 e. The first-order chi connectivity index (χ1) is 15.2. The lowest BCUT2D eigenvalue weighted by Crippen LogP contribution is -2.48. The van der Waals surface area contributed by atoms with E-state index in [0.717, 1.165) is 23.4 Å². The van der Waals surface area contributed by atoms with Gasteiger partial charge in [0.25, 0.3) is 5.91 Å². The van der Waals surface area contributed by atoms with Gasteiger partial charge in [0.2, 0.25) is 0 Å². The van der Waals surface area contributed by atoms with Gasteiger partial charge in [0.05, 0.1) is 11.6 Å². The van der Waals surface area contributed by atoms with E-state index in [2.05, 4.69) is 15.8 Å². The molecule has 0 saturated heterocycles. The van der Waals surface area contributed by atoms with Gasteiger partial charge in [-0.25, -0.2) is 8.78 Å². The second kappa shape index (κ2) is 8.51. The zero-order chi connectivity index (χ0) is 23.0. The van der Waals surface area contributed by atoms with Crippen molar-refractivity contribution in [3.63, 3.8) is 0 Å². The molecule has 32 heavy (non-hydrogen) atoms. The Bertz CT molecular complexity index is 1240. The maximum absolute atomic E-state index is 14.0. The molecule has 1 atom stereocenters.